The summed E-state index contributed by atoms with van der Waals surface area (Å²) in [5.74, 6) is -0.0643. The molecule has 0 spiro atoms. The molecule has 2 aliphatic rings. The Kier molecular flexibility index (Phi) is 8.83. The van der Waals surface area contributed by atoms with Gasteiger partial charge in [0.05, 0.1) is 11.6 Å². The van der Waals surface area contributed by atoms with E-state index in [4.69, 9.17) is 17.3 Å². The Morgan fingerprint density at radius 3 is 2.52 bits per heavy atom. The van der Waals surface area contributed by atoms with E-state index in [0.29, 0.717) is 35.7 Å². The van der Waals surface area contributed by atoms with Gasteiger partial charge in [-0.15, -0.1) is 0 Å². The van der Waals surface area contributed by atoms with Crippen molar-refractivity contribution in [3.63, 3.8) is 0 Å². The van der Waals surface area contributed by atoms with Crippen molar-refractivity contribution >= 4 is 29.1 Å². The number of nitrogens with one attached hydrogen (secondary N) is 3. The predicted octanol–water partition coefficient (Wildman–Crippen LogP) is 4.57. The van der Waals surface area contributed by atoms with Gasteiger partial charge in [-0.2, -0.15) is 0 Å². The van der Waals surface area contributed by atoms with Crippen molar-refractivity contribution in [1.29, 1.82) is 0 Å². The Balaban J connectivity index is 1.13. The summed E-state index contributed by atoms with van der Waals surface area (Å²) in [5, 5.41) is 9.89. The number of carbonyl (C=O) groups is 2. The standard InChI is InChI=1S/C38H37ClN6O3/c1-22-30(25-12-13-45-34(17-25)42-20-27(38(45)48)19-41-21-28-10-11-35(46)43-28)4-2-5-31(22)33-7-3-6-32(37(33)39)24-9-8-23-15-29(16-26(23)14-24)44-36(47)18-40/h2-9,12-14,17,20,28-29,41H,10-11,15-16,18-19,21,40H2,1H3,(H,43,46)(H,44,47)/t28-,29+/m1/s1. The van der Waals surface area contributed by atoms with Crippen LogP contribution in [0.1, 0.15) is 35.1 Å². The first-order valence-corrected chi connectivity index (χ1v) is 16.7. The van der Waals surface area contributed by atoms with Gasteiger partial charge in [-0.3, -0.25) is 18.8 Å². The van der Waals surface area contributed by atoms with Crippen LogP contribution in [-0.4, -0.2) is 46.4 Å². The highest BCUT2D eigenvalue weighted by atomic mass is 35.5. The average Bonchev–Trinajstić information content (AvgIpc) is 3.70. The molecule has 10 heteroatoms. The number of nitrogens with zero attached hydrogens (tertiary/aromatic N) is 2. The number of benzene rings is 3. The van der Waals surface area contributed by atoms with Gasteiger partial charge in [0, 0.05) is 60.7 Å². The van der Waals surface area contributed by atoms with Crippen LogP contribution < -0.4 is 27.2 Å². The summed E-state index contributed by atoms with van der Waals surface area (Å²) >= 11 is 7.16. The van der Waals surface area contributed by atoms with Crippen molar-refractivity contribution in [2.45, 2.75) is 51.2 Å². The Hall–Kier alpha value is -4.83. The number of hydrogen-bond donors (Lipinski definition) is 4. The molecular weight excluding hydrogens is 624 g/mol. The summed E-state index contributed by atoms with van der Waals surface area (Å²) < 4.78 is 1.57. The summed E-state index contributed by atoms with van der Waals surface area (Å²) in [7, 11) is 0. The molecule has 3 heterocycles. The third kappa shape index (κ3) is 6.24. The van der Waals surface area contributed by atoms with Gasteiger partial charge >= 0.3 is 0 Å². The van der Waals surface area contributed by atoms with Gasteiger partial charge in [0.25, 0.3) is 5.56 Å². The minimum absolute atomic E-state index is 0.0114. The zero-order chi connectivity index (χ0) is 33.4. The number of aromatic nitrogens is 2. The van der Waals surface area contributed by atoms with E-state index in [1.54, 1.807) is 16.8 Å². The molecule has 0 saturated carbocycles. The van der Waals surface area contributed by atoms with Crippen LogP contribution in [-0.2, 0) is 29.0 Å². The Morgan fingerprint density at radius 2 is 1.73 bits per heavy atom. The van der Waals surface area contributed by atoms with Crippen molar-refractivity contribution in [3.05, 3.63) is 117 Å². The molecule has 1 fully saturated rings. The Bertz CT molecular complexity index is 2130. The van der Waals surface area contributed by atoms with Crippen molar-refractivity contribution in [3.8, 4) is 33.4 Å². The van der Waals surface area contributed by atoms with E-state index in [2.05, 4.69) is 58.2 Å². The molecule has 5 aromatic rings. The minimum atomic E-state index is -0.138. The normalized spacial score (nSPS) is 17.0. The maximum atomic E-state index is 13.3. The van der Waals surface area contributed by atoms with Crippen LogP contribution in [0.4, 0.5) is 0 Å². The summed E-state index contributed by atoms with van der Waals surface area (Å²) in [6, 6.07) is 22.7. The number of amides is 2. The highest BCUT2D eigenvalue weighted by Crippen LogP contribution is 2.41. The highest BCUT2D eigenvalue weighted by molar-refractivity contribution is 6.36. The molecule has 48 heavy (non-hydrogen) atoms. The third-order valence-corrected chi connectivity index (χ3v) is 9.91. The average molecular weight is 661 g/mol. The van der Waals surface area contributed by atoms with Crippen molar-refractivity contribution in [2.24, 2.45) is 5.73 Å². The lowest BCUT2D eigenvalue weighted by molar-refractivity contribution is -0.120. The molecule has 2 amide bonds. The number of nitrogens with two attached hydrogens (primary N) is 1. The Morgan fingerprint density at radius 1 is 0.979 bits per heavy atom. The molecule has 1 aliphatic heterocycles. The van der Waals surface area contributed by atoms with Crippen molar-refractivity contribution < 1.29 is 9.59 Å². The fourth-order valence-electron chi connectivity index (χ4n) is 6.99. The van der Waals surface area contributed by atoms with Gasteiger partial charge in [0.1, 0.15) is 5.65 Å². The summed E-state index contributed by atoms with van der Waals surface area (Å²) in [4.78, 5) is 41.2. The van der Waals surface area contributed by atoms with E-state index in [9.17, 15) is 14.4 Å². The van der Waals surface area contributed by atoms with Crippen LogP contribution in [0.2, 0.25) is 5.02 Å². The fourth-order valence-corrected chi connectivity index (χ4v) is 7.33. The summed E-state index contributed by atoms with van der Waals surface area (Å²) in [5.41, 5.74) is 15.9. The maximum absolute atomic E-state index is 13.3. The molecule has 0 bridgehead atoms. The first kappa shape index (κ1) is 31.8. The third-order valence-electron chi connectivity index (χ3n) is 9.51. The minimum Gasteiger partial charge on any atom is -0.352 e. The molecule has 0 unspecified atom stereocenters. The van der Waals surface area contributed by atoms with Crippen LogP contribution in [0.15, 0.2) is 83.9 Å². The first-order valence-electron chi connectivity index (χ1n) is 16.3. The zero-order valence-corrected chi connectivity index (χ0v) is 27.4. The van der Waals surface area contributed by atoms with Gasteiger partial charge in [-0.25, -0.2) is 4.98 Å². The maximum Gasteiger partial charge on any atom is 0.262 e. The predicted molar refractivity (Wildman–Crippen MR) is 189 cm³/mol. The summed E-state index contributed by atoms with van der Waals surface area (Å²) in [6.07, 6.45) is 6.31. The largest absolute Gasteiger partial charge is 0.352 e. The molecule has 1 saturated heterocycles. The monoisotopic (exact) mass is 660 g/mol. The number of carbonyl (C=O) groups excluding carboxylic acids is 2. The van der Waals surface area contributed by atoms with Crippen LogP contribution in [0.25, 0.3) is 39.0 Å². The van der Waals surface area contributed by atoms with E-state index in [1.807, 2.05) is 36.4 Å². The van der Waals surface area contributed by atoms with E-state index in [0.717, 1.165) is 58.2 Å². The molecule has 1 aliphatic carbocycles. The van der Waals surface area contributed by atoms with E-state index < -0.39 is 0 Å². The second-order valence-corrected chi connectivity index (χ2v) is 13.0. The molecule has 7 rings (SSSR count). The highest BCUT2D eigenvalue weighted by Gasteiger charge is 2.24. The number of halogens is 1. The van der Waals surface area contributed by atoms with E-state index in [1.165, 1.54) is 11.1 Å². The molecule has 5 N–H and O–H groups in total. The molecule has 3 aromatic carbocycles. The van der Waals surface area contributed by atoms with E-state index >= 15 is 0 Å². The second-order valence-electron chi connectivity index (χ2n) is 12.7. The lowest BCUT2D eigenvalue weighted by atomic mass is 9.91. The second kappa shape index (κ2) is 13.4. The summed E-state index contributed by atoms with van der Waals surface area (Å²) in [6.45, 7) is 3.06. The number of hydrogen-bond acceptors (Lipinski definition) is 6. The van der Waals surface area contributed by atoms with Gasteiger partial charge in [-0.1, -0.05) is 66.2 Å². The van der Waals surface area contributed by atoms with E-state index in [-0.39, 0.29) is 36.0 Å². The first-order chi connectivity index (χ1) is 23.3. The zero-order valence-electron chi connectivity index (χ0n) is 26.7. The smallest absolute Gasteiger partial charge is 0.262 e. The number of rotatable bonds is 9. The molecule has 0 radical (unpaired) electrons. The van der Waals surface area contributed by atoms with Gasteiger partial charge in [-0.05, 0) is 77.3 Å². The van der Waals surface area contributed by atoms with Crippen LogP contribution in [0.5, 0.6) is 0 Å². The lowest BCUT2D eigenvalue weighted by Gasteiger charge is -2.16. The number of fused-ring (bicyclic) bond motifs is 2. The lowest BCUT2D eigenvalue weighted by Crippen LogP contribution is -2.39. The molecule has 244 valence electrons. The molecule has 9 nitrogen and oxygen atoms in total. The van der Waals surface area contributed by atoms with Gasteiger partial charge in [0.15, 0.2) is 0 Å². The fraction of sp³-hybridized carbons (Fsp3) is 0.263. The molecule has 2 aromatic heterocycles. The SMILES string of the molecule is Cc1c(-c2ccn3c(=O)c(CNC[C@H]4CCC(=O)N4)cnc3c2)cccc1-c1cccc(-c2ccc3c(c2)C[C@@H](NC(=O)CN)C3)c1Cl. The quantitative estimate of drug-likeness (QED) is 0.183. The van der Waals surface area contributed by atoms with Crippen molar-refractivity contribution in [1.82, 2.24) is 25.3 Å². The van der Waals surface area contributed by atoms with Crippen molar-refractivity contribution in [2.75, 3.05) is 13.1 Å². The molecule has 2 atom stereocenters. The van der Waals surface area contributed by atoms with Crippen LogP contribution >= 0.6 is 11.6 Å². The van der Waals surface area contributed by atoms with Gasteiger partial charge in [0.2, 0.25) is 11.8 Å². The topological polar surface area (TPSA) is 131 Å². The molecular formula is C38H37ClN6O3. The Labute approximate surface area is 283 Å². The van der Waals surface area contributed by atoms with Crippen LogP contribution in [0, 0.1) is 6.92 Å². The van der Waals surface area contributed by atoms with Gasteiger partial charge < -0.3 is 21.7 Å². The van der Waals surface area contributed by atoms with Crippen LogP contribution in [0.3, 0.4) is 0 Å². The number of pyridine rings is 1.